The molecule has 7 nitrogen and oxygen atoms in total. The van der Waals surface area contributed by atoms with Gasteiger partial charge in [0.1, 0.15) is 13.2 Å². The summed E-state index contributed by atoms with van der Waals surface area (Å²) in [5.74, 6) is 1.01. The summed E-state index contributed by atoms with van der Waals surface area (Å²) in [7, 11) is 0. The predicted molar refractivity (Wildman–Crippen MR) is 108 cm³/mol. The first-order chi connectivity index (χ1) is 14.2. The zero-order valence-corrected chi connectivity index (χ0v) is 15.9. The van der Waals surface area contributed by atoms with Crippen LogP contribution in [-0.4, -0.2) is 46.7 Å². The van der Waals surface area contributed by atoms with Crippen LogP contribution in [0.15, 0.2) is 53.6 Å². The molecule has 7 heteroatoms. The fourth-order valence-electron chi connectivity index (χ4n) is 4.12. The second-order valence-electron chi connectivity index (χ2n) is 7.35. The largest absolute Gasteiger partial charge is 0.486 e. The summed E-state index contributed by atoms with van der Waals surface area (Å²) in [6.45, 7) is 2.02. The molecule has 0 bridgehead atoms. The summed E-state index contributed by atoms with van der Waals surface area (Å²) < 4.78 is 13.0. The Balaban J connectivity index is 1.44. The number of carbonyl (C=O) groups excluding carboxylic acids is 1. The van der Waals surface area contributed by atoms with Crippen LogP contribution in [-0.2, 0) is 0 Å². The summed E-state index contributed by atoms with van der Waals surface area (Å²) in [6.07, 6.45) is 3.25. The molecule has 1 atom stereocenters. The van der Waals surface area contributed by atoms with Gasteiger partial charge in [0.25, 0.3) is 11.5 Å². The number of para-hydroxylation sites is 2. The van der Waals surface area contributed by atoms with Gasteiger partial charge in [0.05, 0.1) is 28.8 Å². The van der Waals surface area contributed by atoms with Gasteiger partial charge < -0.3 is 14.4 Å². The van der Waals surface area contributed by atoms with Gasteiger partial charge in [-0.25, -0.2) is 4.98 Å². The normalized spacial score (nSPS) is 18.6. The third-order valence-corrected chi connectivity index (χ3v) is 5.56. The lowest BCUT2D eigenvalue weighted by Crippen LogP contribution is -2.43. The summed E-state index contributed by atoms with van der Waals surface area (Å²) in [5.41, 5.74) is 1.13. The average Bonchev–Trinajstić information content (AvgIpc) is 2.79. The van der Waals surface area contributed by atoms with Gasteiger partial charge in [0.2, 0.25) is 0 Å². The number of nitrogens with zero attached hydrogens (tertiary/aromatic N) is 3. The maximum absolute atomic E-state index is 13.2. The first-order valence-corrected chi connectivity index (χ1v) is 9.86. The van der Waals surface area contributed by atoms with E-state index in [2.05, 4.69) is 4.98 Å². The molecule has 5 rings (SSSR count). The fourth-order valence-corrected chi connectivity index (χ4v) is 4.12. The molecule has 1 aromatic heterocycles. The van der Waals surface area contributed by atoms with Gasteiger partial charge in [-0.1, -0.05) is 18.2 Å². The van der Waals surface area contributed by atoms with Crippen LogP contribution in [0.4, 0.5) is 0 Å². The van der Waals surface area contributed by atoms with E-state index < -0.39 is 0 Å². The van der Waals surface area contributed by atoms with Crippen LogP contribution < -0.4 is 15.0 Å². The highest BCUT2D eigenvalue weighted by atomic mass is 16.6. The van der Waals surface area contributed by atoms with E-state index in [1.807, 2.05) is 24.3 Å². The minimum Gasteiger partial charge on any atom is -0.486 e. The van der Waals surface area contributed by atoms with E-state index in [1.165, 1.54) is 0 Å². The van der Waals surface area contributed by atoms with Gasteiger partial charge in [0.15, 0.2) is 11.5 Å². The summed E-state index contributed by atoms with van der Waals surface area (Å²) in [4.78, 5) is 32.4. The zero-order valence-electron chi connectivity index (χ0n) is 15.9. The zero-order chi connectivity index (χ0) is 19.8. The molecule has 0 aliphatic carbocycles. The highest BCUT2D eigenvalue weighted by molar-refractivity contribution is 5.98. The molecule has 3 heterocycles. The number of likely N-dealkylation sites (tertiary alicyclic amines) is 1. The second kappa shape index (κ2) is 7.24. The minimum atomic E-state index is -0.103. The molecule has 3 aromatic rings. The molecule has 0 spiro atoms. The molecule has 0 saturated carbocycles. The van der Waals surface area contributed by atoms with Crippen LogP contribution in [0.5, 0.6) is 11.5 Å². The number of hydrogen-bond donors (Lipinski definition) is 0. The molecule has 2 aliphatic heterocycles. The van der Waals surface area contributed by atoms with Crippen molar-refractivity contribution in [3.05, 3.63) is 64.7 Å². The van der Waals surface area contributed by atoms with Crippen LogP contribution in [0, 0.1) is 0 Å². The maximum atomic E-state index is 13.2. The van der Waals surface area contributed by atoms with Crippen molar-refractivity contribution < 1.29 is 14.3 Å². The van der Waals surface area contributed by atoms with Crippen molar-refractivity contribution in [1.29, 1.82) is 0 Å². The number of carbonyl (C=O) groups is 1. The van der Waals surface area contributed by atoms with Crippen molar-refractivity contribution >= 4 is 16.8 Å². The standard InChI is InChI=1S/C22H21N3O4/c26-21(17-7-3-9-19-20(17)29-12-11-28-19)24-10-4-5-15(13-24)25-14-23-18-8-2-1-6-16(18)22(25)27/h1-3,6-9,14-15H,4-5,10-13H2/t15-/m0/s1. The van der Waals surface area contributed by atoms with E-state index in [1.54, 1.807) is 34.0 Å². The van der Waals surface area contributed by atoms with E-state index in [9.17, 15) is 9.59 Å². The Labute approximate surface area is 167 Å². The van der Waals surface area contributed by atoms with Crippen LogP contribution >= 0.6 is 0 Å². The molecule has 1 fully saturated rings. The predicted octanol–water partition coefficient (Wildman–Crippen LogP) is 2.65. The van der Waals surface area contributed by atoms with Gasteiger partial charge >= 0.3 is 0 Å². The van der Waals surface area contributed by atoms with Crippen molar-refractivity contribution in [2.75, 3.05) is 26.3 Å². The van der Waals surface area contributed by atoms with Crippen molar-refractivity contribution in [3.63, 3.8) is 0 Å². The Bertz CT molecular complexity index is 1140. The molecule has 2 aliphatic rings. The Hall–Kier alpha value is -3.35. The third kappa shape index (κ3) is 3.12. The Morgan fingerprint density at radius 3 is 2.86 bits per heavy atom. The molecule has 1 amide bonds. The molecular formula is C22H21N3O4. The summed E-state index contributed by atoms with van der Waals surface area (Å²) in [6, 6.07) is 12.6. The molecule has 2 aromatic carbocycles. The summed E-state index contributed by atoms with van der Waals surface area (Å²) >= 11 is 0. The van der Waals surface area contributed by atoms with Gasteiger partial charge in [0, 0.05) is 13.1 Å². The van der Waals surface area contributed by atoms with Crippen LogP contribution in [0.1, 0.15) is 29.2 Å². The number of benzene rings is 2. The smallest absolute Gasteiger partial charge is 0.261 e. The van der Waals surface area contributed by atoms with E-state index in [0.717, 1.165) is 12.8 Å². The van der Waals surface area contributed by atoms with E-state index in [0.29, 0.717) is 54.3 Å². The second-order valence-corrected chi connectivity index (χ2v) is 7.35. The van der Waals surface area contributed by atoms with Crippen LogP contribution in [0.25, 0.3) is 10.9 Å². The number of aromatic nitrogens is 2. The highest BCUT2D eigenvalue weighted by Crippen LogP contribution is 2.35. The first-order valence-electron chi connectivity index (χ1n) is 9.86. The lowest BCUT2D eigenvalue weighted by Gasteiger charge is -2.34. The number of piperidine rings is 1. The van der Waals surface area contributed by atoms with Crippen molar-refractivity contribution in [2.24, 2.45) is 0 Å². The molecule has 0 radical (unpaired) electrons. The minimum absolute atomic E-state index is 0.0660. The maximum Gasteiger partial charge on any atom is 0.261 e. The van der Waals surface area contributed by atoms with E-state index in [4.69, 9.17) is 9.47 Å². The highest BCUT2D eigenvalue weighted by Gasteiger charge is 2.29. The van der Waals surface area contributed by atoms with Gasteiger partial charge in [-0.05, 0) is 37.1 Å². The number of rotatable bonds is 2. The molecule has 29 heavy (non-hydrogen) atoms. The number of amides is 1. The average molecular weight is 391 g/mol. The van der Waals surface area contributed by atoms with Crippen LogP contribution in [0.3, 0.4) is 0 Å². The van der Waals surface area contributed by atoms with Gasteiger partial charge in [-0.2, -0.15) is 0 Å². The fraction of sp³-hybridized carbons (Fsp3) is 0.318. The molecule has 0 unspecified atom stereocenters. The Morgan fingerprint density at radius 1 is 1.07 bits per heavy atom. The number of ether oxygens (including phenoxy) is 2. The monoisotopic (exact) mass is 391 g/mol. The first kappa shape index (κ1) is 17.7. The molecule has 0 N–H and O–H groups in total. The topological polar surface area (TPSA) is 73.7 Å². The van der Waals surface area contributed by atoms with Gasteiger partial charge in [-0.15, -0.1) is 0 Å². The molecule has 148 valence electrons. The summed E-state index contributed by atoms with van der Waals surface area (Å²) in [5, 5.41) is 0.598. The quantitative estimate of drug-likeness (QED) is 0.672. The third-order valence-electron chi connectivity index (χ3n) is 5.56. The van der Waals surface area contributed by atoms with Crippen molar-refractivity contribution in [1.82, 2.24) is 14.5 Å². The molecular weight excluding hydrogens is 370 g/mol. The van der Waals surface area contributed by atoms with Crippen molar-refractivity contribution in [2.45, 2.75) is 18.9 Å². The lowest BCUT2D eigenvalue weighted by atomic mass is 10.0. The Morgan fingerprint density at radius 2 is 1.93 bits per heavy atom. The lowest BCUT2D eigenvalue weighted by molar-refractivity contribution is 0.0667. The van der Waals surface area contributed by atoms with E-state index >= 15 is 0 Å². The van der Waals surface area contributed by atoms with E-state index in [-0.39, 0.29) is 17.5 Å². The Kier molecular flexibility index (Phi) is 4.42. The SMILES string of the molecule is O=C(c1cccc2c1OCCO2)N1CCC[C@H](n2cnc3ccccc3c2=O)C1. The molecule has 1 saturated heterocycles. The van der Waals surface area contributed by atoms with Gasteiger partial charge in [-0.3, -0.25) is 14.2 Å². The number of hydrogen-bond acceptors (Lipinski definition) is 5. The van der Waals surface area contributed by atoms with Crippen molar-refractivity contribution in [3.8, 4) is 11.5 Å². The number of fused-ring (bicyclic) bond motifs is 2. The van der Waals surface area contributed by atoms with Crippen LogP contribution in [0.2, 0.25) is 0 Å².